The first-order chi connectivity index (χ1) is 14.0. The molecule has 7 heteroatoms. The molecule has 2 heterocycles. The van der Waals surface area contributed by atoms with Gasteiger partial charge in [0.05, 0.1) is 11.6 Å². The summed E-state index contributed by atoms with van der Waals surface area (Å²) in [6.45, 7) is 2.48. The fourth-order valence-electron chi connectivity index (χ4n) is 3.41. The molecule has 0 aliphatic rings. The third-order valence-corrected chi connectivity index (χ3v) is 5.19. The molecule has 0 fully saturated rings. The van der Waals surface area contributed by atoms with Gasteiger partial charge in [-0.3, -0.25) is 9.36 Å². The Morgan fingerprint density at radius 3 is 2.66 bits per heavy atom. The van der Waals surface area contributed by atoms with Gasteiger partial charge in [-0.15, -0.1) is 0 Å². The third-order valence-electron chi connectivity index (χ3n) is 4.73. The minimum absolute atomic E-state index is 0.0232. The molecule has 0 saturated heterocycles. The zero-order valence-electron chi connectivity index (χ0n) is 15.7. The number of nitrogens with zero attached hydrogens (tertiary/aromatic N) is 3. The number of benzene rings is 2. The number of nitrogens with one attached hydrogen (secondary N) is 1. The van der Waals surface area contributed by atoms with E-state index in [1.165, 1.54) is 6.20 Å². The first-order valence-corrected chi connectivity index (χ1v) is 9.92. The van der Waals surface area contributed by atoms with Crippen LogP contribution in [0, 0.1) is 6.92 Å². The molecule has 2 aromatic heterocycles. The van der Waals surface area contributed by atoms with Crippen LogP contribution in [0.25, 0.3) is 16.5 Å². The third kappa shape index (κ3) is 3.97. The van der Waals surface area contributed by atoms with Crippen LogP contribution in [0.2, 0.25) is 10.3 Å². The maximum atomic E-state index is 13.4. The van der Waals surface area contributed by atoms with E-state index in [4.69, 9.17) is 23.2 Å². The summed E-state index contributed by atoms with van der Waals surface area (Å²) in [5.74, 6) is 0.469. The topological polar surface area (TPSA) is 59.8 Å². The highest BCUT2D eigenvalue weighted by Crippen LogP contribution is 2.21. The Hall–Kier alpha value is -2.89. The number of hydrogen-bond donors (Lipinski definition) is 1. The largest absolute Gasteiger partial charge is 0.368 e. The van der Waals surface area contributed by atoms with Crippen LogP contribution in [0.5, 0.6) is 0 Å². The van der Waals surface area contributed by atoms with Gasteiger partial charge in [-0.2, -0.15) is 4.98 Å². The first kappa shape index (κ1) is 19.4. The molecule has 0 unspecified atom stereocenters. The molecule has 0 aliphatic heterocycles. The van der Waals surface area contributed by atoms with Crippen molar-refractivity contribution < 1.29 is 0 Å². The highest BCUT2D eigenvalue weighted by Gasteiger charge is 2.13. The molecule has 5 nitrogen and oxygen atoms in total. The van der Waals surface area contributed by atoms with E-state index in [9.17, 15) is 4.79 Å². The van der Waals surface area contributed by atoms with E-state index in [1.54, 1.807) is 4.57 Å². The number of hydrogen-bond acceptors (Lipinski definition) is 4. The molecule has 0 atom stereocenters. The molecule has 0 spiro atoms. The Labute approximate surface area is 178 Å². The van der Waals surface area contributed by atoms with E-state index in [1.807, 2.05) is 55.5 Å². The van der Waals surface area contributed by atoms with E-state index in [2.05, 4.69) is 21.4 Å². The van der Waals surface area contributed by atoms with Crippen LogP contribution in [0.4, 0.5) is 5.82 Å². The van der Waals surface area contributed by atoms with Crippen molar-refractivity contribution in [3.05, 3.63) is 92.7 Å². The minimum atomic E-state index is -0.0232. The zero-order chi connectivity index (χ0) is 20.4. The molecular formula is C22H18Cl2N4O. The second-order valence-electron chi connectivity index (χ2n) is 6.66. The lowest BCUT2D eigenvalue weighted by molar-refractivity contribution is 0.858. The van der Waals surface area contributed by atoms with Gasteiger partial charge in [0, 0.05) is 24.3 Å². The number of para-hydroxylation sites is 1. The van der Waals surface area contributed by atoms with Crippen LogP contribution >= 0.6 is 23.2 Å². The SMILES string of the molecule is Cc1cccc2cc(CCNc3nc(Cl)ncc3Cl)n(-c3ccccc3)c(=O)c12. The highest BCUT2D eigenvalue weighted by atomic mass is 35.5. The average molecular weight is 425 g/mol. The molecular weight excluding hydrogens is 407 g/mol. The van der Waals surface area contributed by atoms with Crippen LogP contribution in [0.1, 0.15) is 11.3 Å². The molecule has 146 valence electrons. The van der Waals surface area contributed by atoms with Gasteiger partial charge in [-0.25, -0.2) is 4.98 Å². The lowest BCUT2D eigenvalue weighted by Gasteiger charge is -2.16. The van der Waals surface area contributed by atoms with Crippen molar-refractivity contribution in [1.29, 1.82) is 0 Å². The van der Waals surface area contributed by atoms with E-state index in [0.717, 1.165) is 27.7 Å². The van der Waals surface area contributed by atoms with Gasteiger partial charge >= 0.3 is 0 Å². The summed E-state index contributed by atoms with van der Waals surface area (Å²) in [7, 11) is 0. The van der Waals surface area contributed by atoms with Crippen LogP contribution in [-0.4, -0.2) is 21.1 Å². The number of pyridine rings is 1. The minimum Gasteiger partial charge on any atom is -0.368 e. The number of halogens is 2. The summed E-state index contributed by atoms with van der Waals surface area (Å²) in [5, 5.41) is 5.36. The molecule has 0 bridgehead atoms. The number of aromatic nitrogens is 3. The summed E-state index contributed by atoms with van der Waals surface area (Å²) in [4.78, 5) is 21.3. The number of aryl methyl sites for hydroxylation is 1. The van der Waals surface area contributed by atoms with Crippen molar-refractivity contribution in [2.24, 2.45) is 0 Å². The van der Waals surface area contributed by atoms with Crippen molar-refractivity contribution in [3.8, 4) is 5.69 Å². The Bertz CT molecular complexity index is 1240. The molecule has 0 aliphatic carbocycles. The Morgan fingerprint density at radius 1 is 1.07 bits per heavy atom. The fraction of sp³-hybridized carbons (Fsp3) is 0.136. The van der Waals surface area contributed by atoms with Gasteiger partial charge in [0.25, 0.3) is 5.56 Å². The van der Waals surface area contributed by atoms with E-state index in [0.29, 0.717) is 23.8 Å². The molecule has 0 radical (unpaired) electrons. The van der Waals surface area contributed by atoms with Crippen LogP contribution < -0.4 is 10.9 Å². The lowest BCUT2D eigenvalue weighted by atomic mass is 10.0. The van der Waals surface area contributed by atoms with E-state index >= 15 is 0 Å². The van der Waals surface area contributed by atoms with Crippen molar-refractivity contribution in [2.75, 3.05) is 11.9 Å². The smallest absolute Gasteiger partial charge is 0.263 e. The molecule has 0 amide bonds. The van der Waals surface area contributed by atoms with Crippen molar-refractivity contribution in [1.82, 2.24) is 14.5 Å². The summed E-state index contributed by atoms with van der Waals surface area (Å²) in [5.41, 5.74) is 2.66. The summed E-state index contributed by atoms with van der Waals surface area (Å²) in [6.07, 6.45) is 2.05. The number of rotatable bonds is 5. The quantitative estimate of drug-likeness (QED) is 0.455. The van der Waals surface area contributed by atoms with Gasteiger partial charge in [-0.05, 0) is 47.7 Å². The lowest BCUT2D eigenvalue weighted by Crippen LogP contribution is -2.24. The maximum Gasteiger partial charge on any atom is 0.263 e. The molecule has 1 N–H and O–H groups in total. The van der Waals surface area contributed by atoms with Gasteiger partial charge in [0.2, 0.25) is 5.28 Å². The highest BCUT2D eigenvalue weighted by molar-refractivity contribution is 6.33. The molecule has 4 aromatic rings. The standard InChI is InChI=1S/C22H18Cl2N4O/c1-14-6-5-7-15-12-17(10-11-25-20-18(23)13-26-22(24)27-20)28(21(29)19(14)15)16-8-3-2-4-9-16/h2-9,12-13H,10-11H2,1H3,(H,25,26,27). The number of fused-ring (bicyclic) bond motifs is 1. The average Bonchev–Trinajstić information content (AvgIpc) is 2.71. The number of anilines is 1. The van der Waals surface area contributed by atoms with Gasteiger partial charge in [-0.1, -0.05) is 48.0 Å². The van der Waals surface area contributed by atoms with Crippen molar-refractivity contribution >= 4 is 39.8 Å². The second kappa shape index (κ2) is 8.23. The van der Waals surface area contributed by atoms with Crippen molar-refractivity contribution in [3.63, 3.8) is 0 Å². The van der Waals surface area contributed by atoms with Crippen LogP contribution in [-0.2, 0) is 6.42 Å². The summed E-state index contributed by atoms with van der Waals surface area (Å²) >= 11 is 12.0. The van der Waals surface area contributed by atoms with Gasteiger partial charge < -0.3 is 5.32 Å². The maximum absolute atomic E-state index is 13.4. The molecule has 2 aromatic carbocycles. The Morgan fingerprint density at radius 2 is 1.86 bits per heavy atom. The first-order valence-electron chi connectivity index (χ1n) is 9.16. The normalized spacial score (nSPS) is 11.0. The Balaban J connectivity index is 1.75. The predicted octanol–water partition coefficient (Wildman–Crippen LogP) is 5.05. The zero-order valence-corrected chi connectivity index (χ0v) is 17.2. The van der Waals surface area contributed by atoms with Crippen LogP contribution in [0.3, 0.4) is 0 Å². The van der Waals surface area contributed by atoms with E-state index in [-0.39, 0.29) is 10.8 Å². The summed E-state index contributed by atoms with van der Waals surface area (Å²) < 4.78 is 1.77. The fourth-order valence-corrected chi connectivity index (χ4v) is 3.70. The monoisotopic (exact) mass is 424 g/mol. The van der Waals surface area contributed by atoms with Gasteiger partial charge in [0.15, 0.2) is 0 Å². The van der Waals surface area contributed by atoms with Crippen LogP contribution in [0.15, 0.2) is 65.6 Å². The second-order valence-corrected chi connectivity index (χ2v) is 7.41. The van der Waals surface area contributed by atoms with E-state index < -0.39 is 0 Å². The van der Waals surface area contributed by atoms with Gasteiger partial charge in [0.1, 0.15) is 10.8 Å². The Kier molecular flexibility index (Phi) is 5.51. The predicted molar refractivity (Wildman–Crippen MR) is 119 cm³/mol. The molecule has 0 saturated carbocycles. The molecule has 29 heavy (non-hydrogen) atoms. The summed E-state index contributed by atoms with van der Waals surface area (Å²) in [6, 6.07) is 17.6. The molecule has 4 rings (SSSR count). The van der Waals surface area contributed by atoms with Crippen molar-refractivity contribution in [2.45, 2.75) is 13.3 Å².